The van der Waals surface area contributed by atoms with Crippen molar-refractivity contribution in [2.75, 3.05) is 22.4 Å². The Morgan fingerprint density at radius 3 is 2.54 bits per heavy atom. The van der Waals surface area contributed by atoms with Gasteiger partial charge < -0.3 is 15.8 Å². The van der Waals surface area contributed by atoms with E-state index in [0.717, 1.165) is 0 Å². The monoisotopic (exact) mass is 383 g/mol. The van der Waals surface area contributed by atoms with E-state index in [4.69, 9.17) is 10.5 Å². The smallest absolute Gasteiger partial charge is 0.245 e. The van der Waals surface area contributed by atoms with E-state index in [1.807, 2.05) is 20.8 Å². The average molecular weight is 384 g/mol. The van der Waals surface area contributed by atoms with Crippen LogP contribution in [0, 0.1) is 5.41 Å². The molecule has 0 radical (unpaired) electrons. The molecule has 7 nitrogen and oxygen atoms in total. The van der Waals surface area contributed by atoms with Gasteiger partial charge in [-0.3, -0.25) is 9.52 Å². The van der Waals surface area contributed by atoms with Crippen LogP contribution in [0.5, 0.6) is 0 Å². The van der Waals surface area contributed by atoms with Crippen LogP contribution in [-0.2, 0) is 19.6 Å². The average Bonchev–Trinajstić information content (AvgIpc) is 2.54. The molecule has 1 aromatic carbocycles. The molecule has 1 aliphatic rings. The summed E-state index contributed by atoms with van der Waals surface area (Å²) in [6.45, 7) is 8.13. The minimum absolute atomic E-state index is 0.0442. The predicted octanol–water partition coefficient (Wildman–Crippen LogP) is 2.31. The molecule has 146 valence electrons. The predicted molar refractivity (Wildman–Crippen MR) is 104 cm³/mol. The van der Waals surface area contributed by atoms with E-state index in [1.165, 1.54) is 0 Å². The Morgan fingerprint density at radius 2 is 1.96 bits per heavy atom. The summed E-state index contributed by atoms with van der Waals surface area (Å²) in [4.78, 5) is 12.8. The number of carbonyl (C=O) groups excluding carboxylic acids is 1. The first-order valence-electron chi connectivity index (χ1n) is 8.88. The quantitative estimate of drug-likeness (QED) is 0.638. The maximum Gasteiger partial charge on any atom is 0.245 e. The molecule has 2 unspecified atom stereocenters. The van der Waals surface area contributed by atoms with Crippen molar-refractivity contribution in [3.63, 3.8) is 0 Å². The Balaban J connectivity index is 2.10. The summed E-state index contributed by atoms with van der Waals surface area (Å²) in [6.07, 6.45) is 0.912. The van der Waals surface area contributed by atoms with Crippen LogP contribution in [0.25, 0.3) is 0 Å². The van der Waals surface area contributed by atoms with Crippen LogP contribution in [-0.4, -0.2) is 38.3 Å². The first-order chi connectivity index (χ1) is 12.1. The Morgan fingerprint density at radius 1 is 1.31 bits per heavy atom. The van der Waals surface area contributed by atoms with Crippen molar-refractivity contribution in [3.05, 3.63) is 24.3 Å². The summed E-state index contributed by atoms with van der Waals surface area (Å²) in [7, 11) is -3.39. The number of nitrogens with two attached hydrogens (primary N) is 1. The third-order valence-corrected chi connectivity index (χ3v) is 6.59. The fourth-order valence-electron chi connectivity index (χ4n) is 3.22. The van der Waals surface area contributed by atoms with Gasteiger partial charge in [0.2, 0.25) is 15.9 Å². The summed E-state index contributed by atoms with van der Waals surface area (Å²) < 4.78 is 32.0. The molecule has 0 spiro atoms. The van der Waals surface area contributed by atoms with Gasteiger partial charge in [0.05, 0.1) is 17.5 Å². The molecule has 0 bridgehead atoms. The minimum atomic E-state index is -3.39. The Labute approximate surface area is 155 Å². The molecule has 2 atom stereocenters. The minimum Gasteiger partial charge on any atom is -0.378 e. The normalized spacial score (nSPS) is 24.6. The first kappa shape index (κ1) is 20.7. The molecular weight excluding hydrogens is 354 g/mol. The van der Waals surface area contributed by atoms with Gasteiger partial charge in [0.15, 0.2) is 0 Å². The molecule has 0 aromatic heterocycles. The van der Waals surface area contributed by atoms with Crippen molar-refractivity contribution >= 4 is 27.3 Å². The highest BCUT2D eigenvalue weighted by molar-refractivity contribution is 7.92. The molecule has 0 aliphatic heterocycles. The number of benzene rings is 1. The van der Waals surface area contributed by atoms with Crippen LogP contribution >= 0.6 is 0 Å². The molecule has 1 amide bonds. The second kappa shape index (κ2) is 7.54. The fourth-order valence-corrected chi connectivity index (χ4v) is 4.35. The number of rotatable bonds is 8. The molecular formula is C18H29N3O4S. The number of hydrogen-bond donors (Lipinski definition) is 3. The largest absolute Gasteiger partial charge is 0.378 e. The number of amides is 1. The van der Waals surface area contributed by atoms with Crippen molar-refractivity contribution in [2.24, 2.45) is 11.1 Å². The molecule has 1 aliphatic carbocycles. The fraction of sp³-hybridized carbons (Fsp3) is 0.611. The van der Waals surface area contributed by atoms with E-state index < -0.39 is 21.0 Å². The second-order valence-corrected chi connectivity index (χ2v) is 9.14. The zero-order chi connectivity index (χ0) is 19.6. The third kappa shape index (κ3) is 4.02. The van der Waals surface area contributed by atoms with Gasteiger partial charge in [-0.25, -0.2) is 8.42 Å². The van der Waals surface area contributed by atoms with E-state index in [2.05, 4.69) is 10.0 Å². The Hall–Kier alpha value is -1.64. The van der Waals surface area contributed by atoms with E-state index in [0.29, 0.717) is 30.8 Å². The second-order valence-electron chi connectivity index (χ2n) is 7.30. The zero-order valence-electron chi connectivity index (χ0n) is 15.8. The molecule has 1 aromatic rings. The summed E-state index contributed by atoms with van der Waals surface area (Å²) in [5, 5.41) is 2.81. The van der Waals surface area contributed by atoms with Gasteiger partial charge in [0.25, 0.3) is 0 Å². The van der Waals surface area contributed by atoms with Crippen LogP contribution in [0.3, 0.4) is 0 Å². The van der Waals surface area contributed by atoms with E-state index in [-0.39, 0.29) is 17.8 Å². The number of carbonyl (C=O) groups is 1. The van der Waals surface area contributed by atoms with Crippen molar-refractivity contribution < 1.29 is 17.9 Å². The summed E-state index contributed by atoms with van der Waals surface area (Å²) >= 11 is 0. The van der Waals surface area contributed by atoms with Crippen molar-refractivity contribution in [1.29, 1.82) is 0 Å². The summed E-state index contributed by atoms with van der Waals surface area (Å²) in [6, 6.07) is 6.60. The third-order valence-electron chi connectivity index (χ3n) is 5.10. The molecule has 0 heterocycles. The van der Waals surface area contributed by atoms with Crippen molar-refractivity contribution in [2.45, 2.75) is 52.2 Å². The van der Waals surface area contributed by atoms with Crippen LogP contribution in [0.1, 0.15) is 40.5 Å². The number of anilines is 2. The lowest BCUT2D eigenvalue weighted by atomic mass is 9.54. The van der Waals surface area contributed by atoms with Crippen LogP contribution in [0.15, 0.2) is 24.3 Å². The van der Waals surface area contributed by atoms with E-state index in [1.54, 1.807) is 31.2 Å². The molecule has 26 heavy (non-hydrogen) atoms. The molecule has 2 rings (SSSR count). The number of sulfonamides is 1. The van der Waals surface area contributed by atoms with Gasteiger partial charge in [0.1, 0.15) is 5.54 Å². The van der Waals surface area contributed by atoms with Gasteiger partial charge >= 0.3 is 0 Å². The van der Waals surface area contributed by atoms with Gasteiger partial charge in [0, 0.05) is 24.1 Å². The number of ether oxygens (including phenoxy) is 1. The number of nitrogens with one attached hydrogen (secondary N) is 2. The highest BCUT2D eigenvalue weighted by Crippen LogP contribution is 2.50. The molecule has 1 saturated carbocycles. The lowest BCUT2D eigenvalue weighted by Gasteiger charge is -2.57. The lowest BCUT2D eigenvalue weighted by Crippen LogP contribution is -2.74. The van der Waals surface area contributed by atoms with Crippen LogP contribution < -0.4 is 15.8 Å². The van der Waals surface area contributed by atoms with Crippen LogP contribution in [0.4, 0.5) is 11.4 Å². The Kier molecular flexibility index (Phi) is 5.99. The highest BCUT2D eigenvalue weighted by atomic mass is 32.2. The molecule has 4 N–H and O–H groups in total. The topological polar surface area (TPSA) is 111 Å². The summed E-state index contributed by atoms with van der Waals surface area (Å²) in [5.74, 6) is -0.255. The molecule has 8 heteroatoms. The van der Waals surface area contributed by atoms with Gasteiger partial charge in [-0.1, -0.05) is 26.8 Å². The van der Waals surface area contributed by atoms with Gasteiger partial charge in [-0.05, 0) is 31.5 Å². The standard InChI is InChI=1S/C18H29N3O4S/c1-5-10-26(23,24)21-14-9-7-8-13(11-14)20-16(22)18(19)12-15(25-6-2)17(18,3)4/h7-9,11,15,21H,5-6,10,12,19H2,1-4H3,(H,20,22). The summed E-state index contributed by atoms with van der Waals surface area (Å²) in [5.41, 5.74) is 5.74. The first-order valence-corrected chi connectivity index (χ1v) is 10.5. The maximum atomic E-state index is 12.8. The zero-order valence-corrected chi connectivity index (χ0v) is 16.7. The van der Waals surface area contributed by atoms with Crippen LogP contribution in [0.2, 0.25) is 0 Å². The maximum absolute atomic E-state index is 12.8. The lowest BCUT2D eigenvalue weighted by molar-refractivity contribution is -0.166. The van der Waals surface area contributed by atoms with E-state index in [9.17, 15) is 13.2 Å². The number of hydrogen-bond acceptors (Lipinski definition) is 5. The Bertz CT molecular complexity index is 763. The molecule has 1 fully saturated rings. The van der Waals surface area contributed by atoms with E-state index >= 15 is 0 Å². The molecule has 0 saturated heterocycles. The van der Waals surface area contributed by atoms with Gasteiger partial charge in [-0.15, -0.1) is 0 Å². The van der Waals surface area contributed by atoms with Gasteiger partial charge in [-0.2, -0.15) is 0 Å². The van der Waals surface area contributed by atoms with Crippen molar-refractivity contribution in [3.8, 4) is 0 Å². The van der Waals surface area contributed by atoms with Crippen molar-refractivity contribution in [1.82, 2.24) is 0 Å². The highest BCUT2D eigenvalue weighted by Gasteiger charge is 2.62. The SMILES string of the molecule is CCCS(=O)(=O)Nc1cccc(NC(=O)C2(N)CC(OCC)C2(C)C)c1.